The molecule has 7 heteroatoms. The van der Waals surface area contributed by atoms with Gasteiger partial charge >= 0.3 is 5.97 Å². The molecule has 2 atom stereocenters. The highest BCUT2D eigenvalue weighted by Crippen LogP contribution is 2.35. The number of carbonyl (C=O) groups excluding carboxylic acids is 1. The maximum Gasteiger partial charge on any atom is 0.318 e. The van der Waals surface area contributed by atoms with E-state index in [0.29, 0.717) is 5.16 Å². The summed E-state index contributed by atoms with van der Waals surface area (Å²) in [6, 6.07) is 0.0353. The van der Waals surface area contributed by atoms with Crippen LogP contribution in [-0.2, 0) is 22.4 Å². The molecule has 1 aliphatic carbocycles. The van der Waals surface area contributed by atoms with Crippen LogP contribution < -0.4 is 5.56 Å². The number of thioether (sulfide) groups is 1. The van der Waals surface area contributed by atoms with Crippen LogP contribution in [0.4, 0.5) is 0 Å². The van der Waals surface area contributed by atoms with E-state index in [2.05, 4.69) is 6.92 Å². The predicted molar refractivity (Wildman–Crippen MR) is 107 cm³/mol. The molecule has 0 radical (unpaired) electrons. The Labute approximate surface area is 162 Å². The van der Waals surface area contributed by atoms with Gasteiger partial charge < -0.3 is 4.74 Å². The van der Waals surface area contributed by atoms with Crippen molar-refractivity contribution in [3.05, 3.63) is 20.8 Å². The summed E-state index contributed by atoms with van der Waals surface area (Å²) in [5, 5.41) is 1.02. The van der Waals surface area contributed by atoms with Crippen molar-refractivity contribution in [1.82, 2.24) is 9.55 Å². The topological polar surface area (TPSA) is 61.2 Å². The number of nitrogens with zero attached hydrogens (tertiary/aromatic N) is 2. The summed E-state index contributed by atoms with van der Waals surface area (Å²) in [7, 11) is 1.38. The van der Waals surface area contributed by atoms with Gasteiger partial charge in [0.1, 0.15) is 10.1 Å². The molecule has 1 aliphatic rings. The van der Waals surface area contributed by atoms with Crippen molar-refractivity contribution in [2.45, 2.75) is 75.7 Å². The van der Waals surface area contributed by atoms with Gasteiger partial charge in [-0.05, 0) is 51.5 Å². The summed E-state index contributed by atoms with van der Waals surface area (Å²) in [5.74, 6) is -0.304. The maximum atomic E-state index is 13.4. The van der Waals surface area contributed by atoms with E-state index in [1.807, 2.05) is 6.92 Å². The molecule has 5 nitrogen and oxygen atoms in total. The smallest absolute Gasteiger partial charge is 0.318 e. The van der Waals surface area contributed by atoms with Crippen molar-refractivity contribution in [3.63, 3.8) is 0 Å². The highest BCUT2D eigenvalue weighted by atomic mass is 32.2. The molecule has 0 bridgehead atoms. The number of hydrogen-bond acceptors (Lipinski definition) is 6. The summed E-state index contributed by atoms with van der Waals surface area (Å²) in [4.78, 5) is 32.2. The summed E-state index contributed by atoms with van der Waals surface area (Å²) < 4.78 is 6.62. The summed E-state index contributed by atoms with van der Waals surface area (Å²) in [5.41, 5.74) is 1.26. The Morgan fingerprint density at radius 2 is 2.04 bits per heavy atom. The molecule has 142 valence electrons. The van der Waals surface area contributed by atoms with Crippen LogP contribution in [0, 0.1) is 0 Å². The molecule has 26 heavy (non-hydrogen) atoms. The number of rotatable bonds is 5. The second-order valence-electron chi connectivity index (χ2n) is 6.85. The van der Waals surface area contributed by atoms with Crippen LogP contribution in [0.2, 0.25) is 0 Å². The van der Waals surface area contributed by atoms with Crippen molar-refractivity contribution < 1.29 is 9.53 Å². The molecule has 0 amide bonds. The Balaban J connectivity index is 2.18. The van der Waals surface area contributed by atoms with Gasteiger partial charge in [-0.2, -0.15) is 0 Å². The lowest BCUT2D eigenvalue weighted by Gasteiger charge is -2.19. The summed E-state index contributed by atoms with van der Waals surface area (Å²) >= 11 is 2.97. The number of hydrogen-bond donors (Lipinski definition) is 0. The maximum absolute atomic E-state index is 13.4. The van der Waals surface area contributed by atoms with E-state index in [9.17, 15) is 9.59 Å². The molecule has 3 rings (SSSR count). The lowest BCUT2D eigenvalue weighted by Crippen LogP contribution is -2.27. The quantitative estimate of drug-likeness (QED) is 0.326. The van der Waals surface area contributed by atoms with Crippen LogP contribution >= 0.6 is 23.1 Å². The van der Waals surface area contributed by atoms with Crippen molar-refractivity contribution >= 4 is 39.3 Å². The Bertz CT molecular complexity index is 872. The van der Waals surface area contributed by atoms with Gasteiger partial charge in [-0.25, -0.2) is 4.98 Å². The van der Waals surface area contributed by atoms with Gasteiger partial charge in [0, 0.05) is 10.9 Å². The standard InChI is InChI=1S/C19H26N2O3S2/c1-5-11(2)21-17(22)15-13-9-7-6-8-10-14(13)26-16(15)20-19(21)25-12(3)18(23)24-4/h11-12H,5-10H2,1-4H3. The van der Waals surface area contributed by atoms with Crippen LogP contribution in [-0.4, -0.2) is 27.9 Å². The monoisotopic (exact) mass is 394 g/mol. The molecule has 0 fully saturated rings. The largest absolute Gasteiger partial charge is 0.468 e. The van der Waals surface area contributed by atoms with Crippen molar-refractivity contribution in [1.29, 1.82) is 0 Å². The zero-order valence-corrected chi connectivity index (χ0v) is 17.5. The van der Waals surface area contributed by atoms with E-state index in [1.165, 1.54) is 42.2 Å². The average molecular weight is 395 g/mol. The second-order valence-corrected chi connectivity index (χ2v) is 9.25. The van der Waals surface area contributed by atoms with Crippen molar-refractivity contribution in [2.75, 3.05) is 7.11 Å². The van der Waals surface area contributed by atoms with E-state index in [-0.39, 0.29) is 17.6 Å². The molecule has 2 unspecified atom stereocenters. The fraction of sp³-hybridized carbons (Fsp3) is 0.632. The summed E-state index contributed by atoms with van der Waals surface area (Å²) in [6.45, 7) is 5.89. The highest BCUT2D eigenvalue weighted by molar-refractivity contribution is 8.00. The third kappa shape index (κ3) is 3.56. The first-order valence-corrected chi connectivity index (χ1v) is 11.0. The van der Waals surface area contributed by atoms with Crippen LogP contribution in [0.25, 0.3) is 10.2 Å². The van der Waals surface area contributed by atoms with Crippen molar-refractivity contribution in [3.8, 4) is 0 Å². The van der Waals surface area contributed by atoms with Crippen LogP contribution in [0.1, 0.15) is 62.9 Å². The zero-order valence-electron chi connectivity index (χ0n) is 15.8. The molecule has 0 saturated heterocycles. The zero-order chi connectivity index (χ0) is 18.8. The number of esters is 1. The van der Waals surface area contributed by atoms with E-state index in [4.69, 9.17) is 9.72 Å². The Kier molecular flexibility index (Phi) is 6.07. The van der Waals surface area contributed by atoms with Gasteiger partial charge in [0.25, 0.3) is 5.56 Å². The third-order valence-electron chi connectivity index (χ3n) is 5.09. The van der Waals surface area contributed by atoms with E-state index in [0.717, 1.165) is 35.9 Å². The molecule has 2 aromatic heterocycles. The van der Waals surface area contributed by atoms with Gasteiger partial charge in [0.2, 0.25) is 0 Å². The lowest BCUT2D eigenvalue weighted by atomic mass is 10.1. The first kappa shape index (κ1) is 19.4. The van der Waals surface area contributed by atoms with E-state index in [1.54, 1.807) is 22.8 Å². The van der Waals surface area contributed by atoms with Crippen LogP contribution in [0.15, 0.2) is 9.95 Å². The highest BCUT2D eigenvalue weighted by Gasteiger charge is 2.25. The first-order chi connectivity index (χ1) is 12.5. The van der Waals surface area contributed by atoms with Gasteiger partial charge in [-0.15, -0.1) is 11.3 Å². The number of thiophene rings is 1. The Morgan fingerprint density at radius 3 is 2.73 bits per heavy atom. The minimum absolute atomic E-state index is 0.0353. The van der Waals surface area contributed by atoms with E-state index < -0.39 is 5.25 Å². The van der Waals surface area contributed by atoms with Crippen molar-refractivity contribution in [2.24, 2.45) is 0 Å². The van der Waals surface area contributed by atoms with Gasteiger partial charge in [0.15, 0.2) is 5.16 Å². The molecule has 0 spiro atoms. The van der Waals surface area contributed by atoms with E-state index >= 15 is 0 Å². The lowest BCUT2D eigenvalue weighted by molar-refractivity contribution is -0.139. The molecule has 0 saturated carbocycles. The fourth-order valence-electron chi connectivity index (χ4n) is 3.40. The SMILES string of the molecule is CCC(C)n1c(SC(C)C(=O)OC)nc2sc3c(c2c1=O)CCCCC3. The molecular formula is C19H26N2O3S2. The van der Waals surface area contributed by atoms with Gasteiger partial charge in [-0.3, -0.25) is 14.2 Å². The third-order valence-corrected chi connectivity index (χ3v) is 7.32. The normalized spacial score (nSPS) is 16.8. The molecular weight excluding hydrogens is 368 g/mol. The number of aryl methyl sites for hydroxylation is 2. The van der Waals surface area contributed by atoms with Crippen LogP contribution in [0.5, 0.6) is 0 Å². The Morgan fingerprint density at radius 1 is 1.31 bits per heavy atom. The number of fused-ring (bicyclic) bond motifs is 3. The minimum atomic E-state index is -0.405. The number of methoxy groups -OCH3 is 1. The second kappa shape index (κ2) is 8.13. The first-order valence-electron chi connectivity index (χ1n) is 9.29. The molecule has 0 N–H and O–H groups in total. The molecule has 0 aromatic carbocycles. The number of carbonyl (C=O) groups is 1. The minimum Gasteiger partial charge on any atom is -0.468 e. The Hall–Kier alpha value is -1.34. The molecule has 2 heterocycles. The fourth-order valence-corrected chi connectivity index (χ4v) is 5.74. The van der Waals surface area contributed by atoms with Crippen LogP contribution in [0.3, 0.4) is 0 Å². The number of aromatic nitrogens is 2. The van der Waals surface area contributed by atoms with Gasteiger partial charge in [0.05, 0.1) is 12.5 Å². The predicted octanol–water partition coefficient (Wildman–Crippen LogP) is 4.35. The molecule has 0 aliphatic heterocycles. The average Bonchev–Trinajstić information content (AvgIpc) is 2.82. The number of ether oxygens (including phenoxy) is 1. The van der Waals surface area contributed by atoms with Gasteiger partial charge in [-0.1, -0.05) is 25.1 Å². The molecule has 2 aromatic rings. The summed E-state index contributed by atoms with van der Waals surface area (Å²) in [6.07, 6.45) is 6.38.